The number of aryl methyl sites for hydroxylation is 1. The van der Waals surface area contributed by atoms with Gasteiger partial charge in [-0.3, -0.25) is 4.79 Å². The number of rotatable bonds is 14. The summed E-state index contributed by atoms with van der Waals surface area (Å²) in [6.45, 7) is 4.55. The minimum atomic E-state index is -1.29. The summed E-state index contributed by atoms with van der Waals surface area (Å²) in [4.78, 5) is 13.5. The number of carboxylic acids is 1. The monoisotopic (exact) mass is 386 g/mol. The summed E-state index contributed by atoms with van der Waals surface area (Å²) in [6, 6.07) is 9.09. The van der Waals surface area contributed by atoms with Crippen LogP contribution >= 0.6 is 0 Å². The summed E-state index contributed by atoms with van der Waals surface area (Å²) < 4.78 is 0. The van der Waals surface area contributed by atoms with E-state index in [1.807, 2.05) is 18.2 Å². The van der Waals surface area contributed by atoms with E-state index < -0.39 is 11.4 Å². The minimum Gasteiger partial charge on any atom is -0.480 e. The van der Waals surface area contributed by atoms with Crippen molar-refractivity contribution in [2.75, 3.05) is 0 Å². The van der Waals surface area contributed by atoms with Gasteiger partial charge in [0.25, 0.3) is 0 Å². The molecule has 1 aromatic heterocycles. The third-order valence-electron chi connectivity index (χ3n) is 5.39. The van der Waals surface area contributed by atoms with E-state index in [4.69, 9.17) is 0 Å². The SMILES string of the molecule is CCCCCCCCCCCCn1nnc(C(C)(C(=O)O)c2ccccc2)n1. The highest BCUT2D eigenvalue weighted by molar-refractivity contribution is 5.84. The number of carboxylic acid groups (broad SMARTS) is 1. The fraction of sp³-hybridized carbons (Fsp3) is 0.636. The van der Waals surface area contributed by atoms with Crippen LogP contribution in [0.5, 0.6) is 0 Å². The van der Waals surface area contributed by atoms with Crippen molar-refractivity contribution in [1.29, 1.82) is 0 Å². The van der Waals surface area contributed by atoms with Gasteiger partial charge in [0.05, 0.1) is 6.54 Å². The van der Waals surface area contributed by atoms with E-state index in [0.29, 0.717) is 12.1 Å². The molecule has 1 unspecified atom stereocenters. The molecule has 0 spiro atoms. The normalized spacial score (nSPS) is 13.4. The van der Waals surface area contributed by atoms with Crippen molar-refractivity contribution in [3.8, 4) is 0 Å². The van der Waals surface area contributed by atoms with Gasteiger partial charge in [-0.1, -0.05) is 95.0 Å². The Labute approximate surface area is 168 Å². The average Bonchev–Trinajstić information content (AvgIpc) is 3.18. The molecule has 154 valence electrons. The molecule has 0 aliphatic rings. The van der Waals surface area contributed by atoms with Gasteiger partial charge < -0.3 is 5.11 Å². The molecule has 0 saturated carbocycles. The van der Waals surface area contributed by atoms with Crippen LogP contribution in [-0.4, -0.2) is 31.3 Å². The van der Waals surface area contributed by atoms with Gasteiger partial charge in [0.2, 0.25) is 0 Å². The highest BCUT2D eigenvalue weighted by Gasteiger charge is 2.41. The van der Waals surface area contributed by atoms with Gasteiger partial charge in [0.15, 0.2) is 11.2 Å². The zero-order valence-corrected chi connectivity index (χ0v) is 17.3. The molecule has 1 atom stereocenters. The summed E-state index contributed by atoms with van der Waals surface area (Å²) >= 11 is 0. The molecular weight excluding hydrogens is 352 g/mol. The topological polar surface area (TPSA) is 80.9 Å². The van der Waals surface area contributed by atoms with Crippen molar-refractivity contribution in [3.63, 3.8) is 0 Å². The van der Waals surface area contributed by atoms with Gasteiger partial charge in [0.1, 0.15) is 0 Å². The molecule has 1 aromatic carbocycles. The van der Waals surface area contributed by atoms with Gasteiger partial charge >= 0.3 is 5.97 Å². The number of aromatic nitrogens is 4. The van der Waals surface area contributed by atoms with Crippen LogP contribution in [0.1, 0.15) is 89.4 Å². The molecule has 0 fully saturated rings. The minimum absolute atomic E-state index is 0.235. The van der Waals surface area contributed by atoms with E-state index in [1.54, 1.807) is 19.1 Å². The number of unbranched alkanes of at least 4 members (excludes halogenated alkanes) is 9. The highest BCUT2D eigenvalue weighted by Crippen LogP contribution is 2.29. The van der Waals surface area contributed by atoms with Crippen molar-refractivity contribution in [1.82, 2.24) is 20.2 Å². The second-order valence-corrected chi connectivity index (χ2v) is 7.69. The number of benzene rings is 1. The molecule has 2 rings (SSSR count). The fourth-order valence-corrected chi connectivity index (χ4v) is 3.40. The first kappa shape index (κ1) is 22.1. The quantitative estimate of drug-likeness (QED) is 0.463. The lowest BCUT2D eigenvalue weighted by Gasteiger charge is -2.21. The zero-order valence-electron chi connectivity index (χ0n) is 17.3. The molecular formula is C22H34N4O2. The van der Waals surface area contributed by atoms with Gasteiger partial charge in [-0.2, -0.15) is 4.80 Å². The first-order chi connectivity index (χ1) is 13.6. The van der Waals surface area contributed by atoms with E-state index in [1.165, 1.54) is 56.2 Å². The average molecular weight is 387 g/mol. The van der Waals surface area contributed by atoms with Gasteiger partial charge in [0, 0.05) is 0 Å². The Bertz CT molecular complexity index is 702. The van der Waals surface area contributed by atoms with Crippen LogP contribution in [0.25, 0.3) is 0 Å². The summed E-state index contributed by atoms with van der Waals surface area (Å²) in [5.74, 6) is -0.740. The Morgan fingerprint density at radius 3 is 2.11 bits per heavy atom. The van der Waals surface area contributed by atoms with Crippen LogP contribution < -0.4 is 0 Å². The standard InChI is InChI=1S/C22H34N4O2/c1-3-4-5-6-7-8-9-10-11-15-18-26-24-20(23-25-26)22(2,21(27)28)19-16-13-12-14-17-19/h12-14,16-17H,3-11,15,18H2,1-2H3,(H,27,28). The highest BCUT2D eigenvalue weighted by atomic mass is 16.4. The molecule has 6 heteroatoms. The molecule has 0 bridgehead atoms. The third-order valence-corrected chi connectivity index (χ3v) is 5.39. The summed E-state index contributed by atoms with van der Waals surface area (Å²) in [5, 5.41) is 22.3. The Morgan fingerprint density at radius 1 is 0.964 bits per heavy atom. The maximum Gasteiger partial charge on any atom is 0.321 e. The van der Waals surface area contributed by atoms with Crippen molar-refractivity contribution in [3.05, 3.63) is 41.7 Å². The summed E-state index contributed by atoms with van der Waals surface area (Å²) in [7, 11) is 0. The smallest absolute Gasteiger partial charge is 0.321 e. The zero-order chi connectivity index (χ0) is 20.2. The predicted octanol–water partition coefficient (Wildman–Crippen LogP) is 4.98. The molecule has 6 nitrogen and oxygen atoms in total. The molecule has 28 heavy (non-hydrogen) atoms. The second kappa shape index (κ2) is 11.6. The number of tetrazole rings is 1. The van der Waals surface area contributed by atoms with Gasteiger partial charge in [-0.05, 0) is 24.1 Å². The molecule has 0 amide bonds. The molecule has 0 saturated heterocycles. The van der Waals surface area contributed by atoms with Crippen LogP contribution in [0, 0.1) is 0 Å². The lowest BCUT2D eigenvalue weighted by molar-refractivity contribution is -0.141. The molecule has 2 aromatic rings. The molecule has 0 aliphatic heterocycles. The Morgan fingerprint density at radius 2 is 1.54 bits per heavy atom. The predicted molar refractivity (Wildman–Crippen MR) is 110 cm³/mol. The number of hydrogen-bond donors (Lipinski definition) is 1. The Hall–Kier alpha value is -2.24. The maximum absolute atomic E-state index is 12.0. The van der Waals surface area contributed by atoms with Gasteiger partial charge in [-0.15, -0.1) is 10.2 Å². The number of aliphatic carboxylic acids is 1. The number of nitrogens with zero attached hydrogens (tertiary/aromatic N) is 4. The third kappa shape index (κ3) is 6.14. The van der Waals surface area contributed by atoms with E-state index in [-0.39, 0.29) is 5.82 Å². The lowest BCUT2D eigenvalue weighted by atomic mass is 9.82. The van der Waals surface area contributed by atoms with Crippen LogP contribution in [0.15, 0.2) is 30.3 Å². The first-order valence-corrected chi connectivity index (χ1v) is 10.7. The van der Waals surface area contributed by atoms with E-state index in [9.17, 15) is 9.90 Å². The number of carbonyl (C=O) groups is 1. The summed E-state index contributed by atoms with van der Waals surface area (Å²) in [5.41, 5.74) is -0.641. The fourth-order valence-electron chi connectivity index (χ4n) is 3.40. The molecule has 1 heterocycles. The van der Waals surface area contributed by atoms with Gasteiger partial charge in [-0.25, -0.2) is 0 Å². The summed E-state index contributed by atoms with van der Waals surface area (Å²) in [6.07, 6.45) is 12.7. The van der Waals surface area contributed by atoms with Crippen molar-refractivity contribution in [2.24, 2.45) is 0 Å². The lowest BCUT2D eigenvalue weighted by Crippen LogP contribution is -2.35. The van der Waals surface area contributed by atoms with E-state index in [0.717, 1.165) is 12.8 Å². The van der Waals surface area contributed by atoms with E-state index in [2.05, 4.69) is 22.3 Å². The van der Waals surface area contributed by atoms with Crippen LogP contribution in [-0.2, 0) is 16.8 Å². The van der Waals surface area contributed by atoms with E-state index >= 15 is 0 Å². The van der Waals surface area contributed by atoms with Crippen molar-refractivity contribution >= 4 is 5.97 Å². The maximum atomic E-state index is 12.0. The van der Waals surface area contributed by atoms with Crippen LogP contribution in [0.4, 0.5) is 0 Å². The molecule has 1 N–H and O–H groups in total. The number of hydrogen-bond acceptors (Lipinski definition) is 4. The van der Waals surface area contributed by atoms with Crippen LogP contribution in [0.3, 0.4) is 0 Å². The van der Waals surface area contributed by atoms with Crippen LogP contribution in [0.2, 0.25) is 0 Å². The Balaban J connectivity index is 1.77. The first-order valence-electron chi connectivity index (χ1n) is 10.7. The van der Waals surface area contributed by atoms with Crippen molar-refractivity contribution < 1.29 is 9.90 Å². The largest absolute Gasteiger partial charge is 0.480 e. The molecule has 0 aliphatic carbocycles. The Kier molecular flexibility index (Phi) is 9.11. The molecule has 0 radical (unpaired) electrons. The second-order valence-electron chi connectivity index (χ2n) is 7.69. The van der Waals surface area contributed by atoms with Crippen molar-refractivity contribution in [2.45, 2.75) is 90.0 Å².